The second-order valence-corrected chi connectivity index (χ2v) is 4.48. The number of nitrogens with two attached hydrogens (primary N) is 1. The maximum atomic E-state index is 11.7. The molecule has 0 saturated heterocycles. The van der Waals surface area contributed by atoms with Gasteiger partial charge in [-0.1, -0.05) is 6.92 Å². The highest BCUT2D eigenvalue weighted by Crippen LogP contribution is 2.21. The first kappa shape index (κ1) is 14.3. The number of anilines is 1. The van der Waals surface area contributed by atoms with Crippen molar-refractivity contribution >= 4 is 11.6 Å². The van der Waals surface area contributed by atoms with Gasteiger partial charge in [-0.15, -0.1) is 0 Å². The monoisotopic (exact) mass is 251 g/mol. The maximum absolute atomic E-state index is 11.7. The molecule has 0 aliphatic carbocycles. The fourth-order valence-electron chi connectivity index (χ4n) is 1.59. The number of rotatable bonds is 5. The third-order valence-corrected chi connectivity index (χ3v) is 2.80. The van der Waals surface area contributed by atoms with Gasteiger partial charge in [0.2, 0.25) is 5.91 Å². The Labute approximate surface area is 108 Å². The Hall–Kier alpha value is -1.75. The van der Waals surface area contributed by atoms with Crippen molar-refractivity contribution < 1.29 is 9.90 Å². The first-order chi connectivity index (χ1) is 8.43. The van der Waals surface area contributed by atoms with Crippen LogP contribution in [0.3, 0.4) is 0 Å². The average Bonchev–Trinajstić information content (AvgIpc) is 2.32. The van der Waals surface area contributed by atoms with E-state index in [4.69, 9.17) is 5.73 Å². The minimum absolute atomic E-state index is 0.0419. The number of aromatic hydroxyl groups is 1. The van der Waals surface area contributed by atoms with Gasteiger partial charge in [0.05, 0.1) is 6.54 Å². The number of phenols is 1. The molecule has 18 heavy (non-hydrogen) atoms. The van der Waals surface area contributed by atoms with Crippen LogP contribution in [0.15, 0.2) is 18.2 Å². The van der Waals surface area contributed by atoms with Gasteiger partial charge in [0.1, 0.15) is 5.75 Å². The van der Waals surface area contributed by atoms with Crippen molar-refractivity contribution in [1.82, 2.24) is 9.80 Å². The van der Waals surface area contributed by atoms with Gasteiger partial charge in [0.25, 0.3) is 0 Å². The second kappa shape index (κ2) is 6.26. The Morgan fingerprint density at radius 3 is 2.61 bits per heavy atom. The number of benzene rings is 1. The number of amides is 1. The van der Waals surface area contributed by atoms with Crippen LogP contribution in [-0.4, -0.2) is 48.0 Å². The van der Waals surface area contributed by atoms with E-state index >= 15 is 0 Å². The Kier molecular flexibility index (Phi) is 4.97. The molecule has 5 heteroatoms. The van der Waals surface area contributed by atoms with Crippen molar-refractivity contribution in [2.75, 3.05) is 32.9 Å². The molecule has 1 amide bonds. The summed E-state index contributed by atoms with van der Waals surface area (Å²) in [6.07, 6.45) is 0. The van der Waals surface area contributed by atoms with Gasteiger partial charge in [-0.3, -0.25) is 9.69 Å². The normalized spacial score (nSPS) is 10.7. The lowest BCUT2D eigenvalue weighted by Gasteiger charge is -2.22. The molecular weight excluding hydrogens is 230 g/mol. The molecule has 3 N–H and O–H groups in total. The summed E-state index contributed by atoms with van der Waals surface area (Å²) in [4.78, 5) is 15.2. The molecule has 0 saturated carbocycles. The largest absolute Gasteiger partial charge is 0.508 e. The zero-order chi connectivity index (χ0) is 13.7. The molecule has 1 aromatic rings. The number of carbonyl (C=O) groups excluding carboxylic acids is 1. The van der Waals surface area contributed by atoms with Crippen molar-refractivity contribution in [2.24, 2.45) is 0 Å². The van der Waals surface area contributed by atoms with Crippen LogP contribution < -0.4 is 5.73 Å². The molecule has 0 aromatic heterocycles. The minimum atomic E-state index is 0.0419. The Bertz CT molecular complexity index is 419. The first-order valence-corrected chi connectivity index (χ1v) is 5.94. The van der Waals surface area contributed by atoms with Crippen LogP contribution in [-0.2, 0) is 11.3 Å². The van der Waals surface area contributed by atoms with Crippen LogP contribution in [0.4, 0.5) is 5.69 Å². The summed E-state index contributed by atoms with van der Waals surface area (Å²) in [5.41, 5.74) is 7.04. The number of nitrogen functional groups attached to an aromatic ring is 1. The minimum Gasteiger partial charge on any atom is -0.508 e. The van der Waals surface area contributed by atoms with Gasteiger partial charge in [-0.05, 0) is 24.7 Å². The average molecular weight is 251 g/mol. The van der Waals surface area contributed by atoms with Crippen LogP contribution in [0, 0.1) is 0 Å². The molecule has 0 heterocycles. The summed E-state index contributed by atoms with van der Waals surface area (Å²) in [5.74, 6) is 0.250. The van der Waals surface area contributed by atoms with E-state index in [1.807, 2.05) is 11.8 Å². The summed E-state index contributed by atoms with van der Waals surface area (Å²) in [6.45, 7) is 3.55. The van der Waals surface area contributed by atoms with Crippen LogP contribution >= 0.6 is 0 Å². The predicted molar refractivity (Wildman–Crippen MR) is 72.2 cm³/mol. The molecule has 0 aliphatic rings. The lowest BCUT2D eigenvalue weighted by molar-refractivity contribution is -0.130. The molecule has 1 aromatic carbocycles. The summed E-state index contributed by atoms with van der Waals surface area (Å²) in [6, 6.07) is 4.96. The van der Waals surface area contributed by atoms with E-state index in [0.717, 1.165) is 12.1 Å². The third kappa shape index (κ3) is 3.92. The van der Waals surface area contributed by atoms with Crippen molar-refractivity contribution in [3.05, 3.63) is 23.8 Å². The van der Waals surface area contributed by atoms with E-state index in [1.165, 1.54) is 0 Å². The molecule has 0 fully saturated rings. The Morgan fingerprint density at radius 2 is 2.06 bits per heavy atom. The lowest BCUT2D eigenvalue weighted by atomic mass is 10.1. The summed E-state index contributed by atoms with van der Waals surface area (Å²) in [7, 11) is 3.46. The Balaban J connectivity index is 2.73. The van der Waals surface area contributed by atoms with Crippen LogP contribution in [0.1, 0.15) is 12.5 Å². The summed E-state index contributed by atoms with van der Waals surface area (Å²) in [5, 5.41) is 9.75. The van der Waals surface area contributed by atoms with E-state index in [-0.39, 0.29) is 11.7 Å². The highest BCUT2D eigenvalue weighted by molar-refractivity contribution is 5.77. The van der Waals surface area contributed by atoms with Crippen LogP contribution in [0.5, 0.6) is 5.75 Å². The van der Waals surface area contributed by atoms with E-state index < -0.39 is 0 Å². The standard InChI is InChI=1S/C13H21N3O2/c1-4-16(9-13(18)15(2)3)8-10-7-11(14)5-6-12(10)17/h5-7,17H,4,8-9,14H2,1-3H3. The third-order valence-electron chi connectivity index (χ3n) is 2.80. The number of hydrogen-bond acceptors (Lipinski definition) is 4. The first-order valence-electron chi connectivity index (χ1n) is 5.94. The highest BCUT2D eigenvalue weighted by atomic mass is 16.3. The van der Waals surface area contributed by atoms with Gasteiger partial charge in [0.15, 0.2) is 0 Å². The quantitative estimate of drug-likeness (QED) is 0.602. The van der Waals surface area contributed by atoms with Crippen molar-refractivity contribution in [3.63, 3.8) is 0 Å². The summed E-state index contributed by atoms with van der Waals surface area (Å²) < 4.78 is 0. The fraction of sp³-hybridized carbons (Fsp3) is 0.462. The van der Waals surface area contributed by atoms with Crippen LogP contribution in [0.2, 0.25) is 0 Å². The molecule has 0 spiro atoms. The summed E-state index contributed by atoms with van der Waals surface area (Å²) >= 11 is 0. The van der Waals surface area contributed by atoms with E-state index in [0.29, 0.717) is 18.8 Å². The molecule has 0 unspecified atom stereocenters. The van der Waals surface area contributed by atoms with Gasteiger partial charge in [0, 0.05) is 31.9 Å². The molecule has 0 radical (unpaired) electrons. The zero-order valence-corrected chi connectivity index (χ0v) is 11.2. The van der Waals surface area contributed by atoms with Crippen molar-refractivity contribution in [1.29, 1.82) is 0 Å². The molecule has 100 valence electrons. The van der Waals surface area contributed by atoms with Gasteiger partial charge in [-0.2, -0.15) is 0 Å². The maximum Gasteiger partial charge on any atom is 0.236 e. The lowest BCUT2D eigenvalue weighted by Crippen LogP contribution is -2.36. The molecule has 1 rings (SSSR count). The number of likely N-dealkylation sites (N-methyl/N-ethyl adjacent to an activating group) is 2. The molecule has 0 bridgehead atoms. The van der Waals surface area contributed by atoms with E-state index in [9.17, 15) is 9.90 Å². The van der Waals surface area contributed by atoms with Crippen molar-refractivity contribution in [2.45, 2.75) is 13.5 Å². The van der Waals surface area contributed by atoms with E-state index in [2.05, 4.69) is 0 Å². The molecule has 5 nitrogen and oxygen atoms in total. The molecule has 0 atom stereocenters. The number of nitrogens with zero attached hydrogens (tertiary/aromatic N) is 2. The zero-order valence-electron chi connectivity index (χ0n) is 11.2. The molecular formula is C13H21N3O2. The van der Waals surface area contributed by atoms with Crippen molar-refractivity contribution in [3.8, 4) is 5.75 Å². The number of carbonyl (C=O) groups is 1. The fourth-order valence-corrected chi connectivity index (χ4v) is 1.59. The van der Waals surface area contributed by atoms with Crippen LogP contribution in [0.25, 0.3) is 0 Å². The van der Waals surface area contributed by atoms with Gasteiger partial charge >= 0.3 is 0 Å². The van der Waals surface area contributed by atoms with Gasteiger partial charge in [-0.25, -0.2) is 0 Å². The number of hydrogen-bond donors (Lipinski definition) is 2. The SMILES string of the molecule is CCN(CC(=O)N(C)C)Cc1cc(N)ccc1O. The van der Waals surface area contributed by atoms with E-state index in [1.54, 1.807) is 37.2 Å². The highest BCUT2D eigenvalue weighted by Gasteiger charge is 2.13. The predicted octanol–water partition coefficient (Wildman–Crippen LogP) is 0.884. The topological polar surface area (TPSA) is 69.8 Å². The Morgan fingerprint density at radius 1 is 1.39 bits per heavy atom. The molecule has 0 aliphatic heterocycles. The smallest absolute Gasteiger partial charge is 0.236 e. The number of phenolic OH excluding ortho intramolecular Hbond substituents is 1. The second-order valence-electron chi connectivity index (χ2n) is 4.48. The van der Waals surface area contributed by atoms with Gasteiger partial charge < -0.3 is 15.7 Å².